The third kappa shape index (κ3) is 13.1. The zero-order chi connectivity index (χ0) is 36.9. The van der Waals surface area contributed by atoms with Crippen LogP contribution in [-0.4, -0.2) is 105 Å². The predicted octanol–water partition coefficient (Wildman–Crippen LogP) is 2.45. The van der Waals surface area contributed by atoms with Crippen molar-refractivity contribution in [3.05, 3.63) is 53.1 Å². The van der Waals surface area contributed by atoms with Crippen LogP contribution < -0.4 is 31.7 Å². The molecule has 14 nitrogen and oxygen atoms in total. The molecule has 2 aromatic rings. The van der Waals surface area contributed by atoms with Gasteiger partial charge in [-0.05, 0) is 56.0 Å². The topological polar surface area (TPSA) is 184 Å². The molecule has 0 radical (unpaired) electrons. The molecule has 0 saturated carbocycles. The number of hydrogen-bond donors (Lipinski definition) is 5. The van der Waals surface area contributed by atoms with Gasteiger partial charge in [-0.25, -0.2) is 0 Å². The van der Waals surface area contributed by atoms with E-state index in [1.807, 2.05) is 45.9 Å². The molecule has 4 rings (SSSR count). The maximum Gasteiger partial charge on any atom is 0.255 e. The summed E-state index contributed by atoms with van der Waals surface area (Å²) in [5.41, 5.74) is 9.04. The summed E-state index contributed by atoms with van der Waals surface area (Å²) >= 11 is 0. The van der Waals surface area contributed by atoms with Gasteiger partial charge >= 0.3 is 0 Å². The third-order valence-electron chi connectivity index (χ3n) is 8.25. The quantitative estimate of drug-likeness (QED) is 0.0935. The second-order valence-electron chi connectivity index (χ2n) is 11.7. The fourth-order valence-corrected chi connectivity index (χ4v) is 5.65. The third-order valence-corrected chi connectivity index (χ3v) is 8.25. The number of likely N-dealkylation sites (tertiary alicyclic amines) is 1. The van der Waals surface area contributed by atoms with Gasteiger partial charge in [0.25, 0.3) is 5.91 Å². The maximum atomic E-state index is 13.0. The van der Waals surface area contributed by atoms with Crippen LogP contribution in [0.2, 0.25) is 0 Å². The van der Waals surface area contributed by atoms with E-state index in [0.29, 0.717) is 61.5 Å². The van der Waals surface area contributed by atoms with Crippen LogP contribution >= 0.6 is 0 Å². The lowest BCUT2D eigenvalue weighted by Crippen LogP contribution is -2.46. The number of fused-ring (bicyclic) bond motifs is 1. The average Bonchev–Trinajstić information content (AvgIpc) is 3.46. The summed E-state index contributed by atoms with van der Waals surface area (Å²) in [6.07, 6.45) is 4.06. The largest absolute Gasteiger partial charge is 0.495 e. The van der Waals surface area contributed by atoms with Gasteiger partial charge in [0.1, 0.15) is 11.8 Å². The standard InChI is InChI=1S/C26H38N6O6.C8H11NO.C2H6/c1-2-4-23(25(36)29-18-34)32-16-21-20(26(32)37)5-3-6-22(21)30-24(35)15-27-9-13-38-14-12-31-10-7-19(8-11-31)28-17-33;1-6-3-4-7(9)8(5-6)10-2;1-2/h3,5-6,17-19,23,27H,2,4,7-16H2,1H3,(H,28,33)(H,30,35)(H,29,34,36);3-5H,9H2,1-2H3;1-2H3. The van der Waals surface area contributed by atoms with Crippen molar-refractivity contribution in [2.24, 2.45) is 0 Å². The molecule has 0 bridgehead atoms. The van der Waals surface area contributed by atoms with Gasteiger partial charge < -0.3 is 41.0 Å². The van der Waals surface area contributed by atoms with Crippen molar-refractivity contribution in [2.45, 2.75) is 72.0 Å². The van der Waals surface area contributed by atoms with E-state index in [1.165, 1.54) is 4.90 Å². The minimum atomic E-state index is -0.762. The van der Waals surface area contributed by atoms with E-state index in [9.17, 15) is 24.0 Å². The fraction of sp³-hybridized carbons (Fsp3) is 0.528. The number of aryl methyl sites for hydroxylation is 1. The lowest BCUT2D eigenvalue weighted by molar-refractivity contribution is -0.129. The van der Waals surface area contributed by atoms with Gasteiger partial charge in [-0.3, -0.25) is 29.3 Å². The molecule has 2 aliphatic heterocycles. The Kier molecular flexibility index (Phi) is 19.1. The van der Waals surface area contributed by atoms with Crippen LogP contribution in [0.4, 0.5) is 11.4 Å². The highest BCUT2D eigenvalue weighted by Gasteiger charge is 2.37. The lowest BCUT2D eigenvalue weighted by Gasteiger charge is -2.31. The molecule has 2 aromatic carbocycles. The van der Waals surface area contributed by atoms with E-state index in [-0.39, 0.29) is 30.9 Å². The molecule has 14 heteroatoms. The number of hydrogen-bond acceptors (Lipinski definition) is 10. The van der Waals surface area contributed by atoms with Gasteiger partial charge in [0.15, 0.2) is 0 Å². The Labute approximate surface area is 295 Å². The molecule has 276 valence electrons. The highest BCUT2D eigenvalue weighted by molar-refractivity contribution is 6.04. The number of piperidine rings is 1. The average molecular weight is 698 g/mol. The van der Waals surface area contributed by atoms with Crippen LogP contribution in [0, 0.1) is 6.92 Å². The van der Waals surface area contributed by atoms with Gasteiger partial charge in [-0.1, -0.05) is 39.3 Å². The van der Waals surface area contributed by atoms with Crippen LogP contribution in [0.25, 0.3) is 0 Å². The van der Waals surface area contributed by atoms with Crippen LogP contribution in [0.1, 0.15) is 67.9 Å². The molecule has 1 unspecified atom stereocenters. The number of rotatable bonds is 17. The van der Waals surface area contributed by atoms with E-state index in [0.717, 1.165) is 50.2 Å². The maximum absolute atomic E-state index is 13.0. The minimum Gasteiger partial charge on any atom is -0.495 e. The van der Waals surface area contributed by atoms with Gasteiger partial charge in [-0.15, -0.1) is 0 Å². The summed E-state index contributed by atoms with van der Waals surface area (Å²) in [7, 11) is 1.62. The highest BCUT2D eigenvalue weighted by atomic mass is 16.5. The van der Waals surface area contributed by atoms with Crippen molar-refractivity contribution in [2.75, 3.05) is 64.1 Å². The summed E-state index contributed by atoms with van der Waals surface area (Å²) in [5.74, 6) is -0.316. The van der Waals surface area contributed by atoms with Crippen molar-refractivity contribution in [1.82, 2.24) is 25.8 Å². The first-order chi connectivity index (χ1) is 24.2. The Morgan fingerprint density at radius 3 is 2.46 bits per heavy atom. The Balaban J connectivity index is 0.000000613. The molecule has 0 aliphatic carbocycles. The fourth-order valence-electron chi connectivity index (χ4n) is 5.65. The van der Waals surface area contributed by atoms with E-state index in [2.05, 4.69) is 26.2 Å². The van der Waals surface area contributed by atoms with E-state index in [4.69, 9.17) is 15.2 Å². The van der Waals surface area contributed by atoms with Crippen molar-refractivity contribution < 1.29 is 33.4 Å². The van der Waals surface area contributed by atoms with Crippen LogP contribution in [0.5, 0.6) is 5.75 Å². The molecule has 6 N–H and O–H groups in total. The first-order valence-electron chi connectivity index (χ1n) is 17.3. The highest BCUT2D eigenvalue weighted by Crippen LogP contribution is 2.31. The van der Waals surface area contributed by atoms with Gasteiger partial charge in [0.05, 0.1) is 32.6 Å². The second-order valence-corrected chi connectivity index (χ2v) is 11.7. The molecule has 5 amide bonds. The van der Waals surface area contributed by atoms with Crippen molar-refractivity contribution in [1.29, 1.82) is 0 Å². The summed E-state index contributed by atoms with van der Waals surface area (Å²) in [6, 6.07) is 10.3. The monoisotopic (exact) mass is 697 g/mol. The summed E-state index contributed by atoms with van der Waals surface area (Å²) < 4.78 is 10.7. The number of anilines is 2. The smallest absolute Gasteiger partial charge is 0.255 e. The Morgan fingerprint density at radius 2 is 1.82 bits per heavy atom. The number of nitrogens with two attached hydrogens (primary N) is 1. The number of nitrogens with one attached hydrogen (secondary N) is 4. The van der Waals surface area contributed by atoms with Crippen molar-refractivity contribution >= 4 is 41.9 Å². The molecule has 1 saturated heterocycles. The summed E-state index contributed by atoms with van der Waals surface area (Å²) in [6.45, 7) is 12.5. The number of nitrogens with zero attached hydrogens (tertiary/aromatic N) is 2. The zero-order valence-corrected chi connectivity index (χ0v) is 30.1. The Morgan fingerprint density at radius 1 is 1.08 bits per heavy atom. The van der Waals surface area contributed by atoms with Gasteiger partial charge in [0, 0.05) is 55.6 Å². The molecule has 0 aromatic heterocycles. The number of methoxy groups -OCH3 is 1. The van der Waals surface area contributed by atoms with Crippen molar-refractivity contribution in [3.8, 4) is 5.75 Å². The van der Waals surface area contributed by atoms with Crippen LogP contribution in [-0.2, 0) is 30.5 Å². The summed E-state index contributed by atoms with van der Waals surface area (Å²) in [5, 5.41) is 10.9. The Bertz CT molecular complexity index is 1380. The number of carbonyl (C=O) groups excluding carboxylic acids is 5. The number of ether oxygens (including phenoxy) is 2. The van der Waals surface area contributed by atoms with Crippen molar-refractivity contribution in [3.63, 3.8) is 0 Å². The number of amides is 5. The molecular formula is C36H55N7O7. The molecule has 50 heavy (non-hydrogen) atoms. The SMILES string of the molecule is CC.CCCC(C(=O)NC=O)N1Cc2c(NC(=O)CNCCOCCN3CCC(NC=O)CC3)cccc2C1=O.COc1cc(C)ccc1N. The van der Waals surface area contributed by atoms with Gasteiger partial charge in [-0.2, -0.15) is 0 Å². The Hall–Kier alpha value is -4.53. The predicted molar refractivity (Wildman–Crippen MR) is 194 cm³/mol. The second kappa shape index (κ2) is 23.0. The van der Waals surface area contributed by atoms with E-state index in [1.54, 1.807) is 25.3 Å². The normalized spacial score (nSPS) is 14.6. The minimum absolute atomic E-state index is 0.0855. The first kappa shape index (κ1) is 41.6. The number of benzene rings is 2. The molecule has 1 fully saturated rings. The van der Waals surface area contributed by atoms with Crippen LogP contribution in [0.3, 0.4) is 0 Å². The first-order valence-corrected chi connectivity index (χ1v) is 17.3. The molecule has 0 spiro atoms. The van der Waals surface area contributed by atoms with Crippen LogP contribution in [0.15, 0.2) is 36.4 Å². The summed E-state index contributed by atoms with van der Waals surface area (Å²) in [4.78, 5) is 62.9. The molecular weight excluding hydrogens is 642 g/mol. The number of imide groups is 1. The number of nitrogen functional groups attached to an aromatic ring is 1. The zero-order valence-electron chi connectivity index (χ0n) is 30.1. The lowest BCUT2D eigenvalue weighted by atomic mass is 10.1. The number of carbonyl (C=O) groups is 5. The van der Waals surface area contributed by atoms with E-state index < -0.39 is 11.9 Å². The molecule has 2 heterocycles. The molecule has 1 atom stereocenters. The van der Waals surface area contributed by atoms with E-state index >= 15 is 0 Å². The molecule has 2 aliphatic rings. The van der Waals surface area contributed by atoms with Gasteiger partial charge in [0.2, 0.25) is 24.6 Å².